The summed E-state index contributed by atoms with van der Waals surface area (Å²) in [5.41, 5.74) is 4.44. The molecule has 0 aliphatic carbocycles. The minimum atomic E-state index is -0.459. The van der Waals surface area contributed by atoms with Gasteiger partial charge in [-0.25, -0.2) is 9.37 Å². The molecule has 0 radical (unpaired) electrons. The zero-order valence-corrected chi connectivity index (χ0v) is 27.7. The summed E-state index contributed by atoms with van der Waals surface area (Å²) >= 11 is 1.29. The highest BCUT2D eigenvalue weighted by Gasteiger charge is 2.18. The average Bonchev–Trinajstić information content (AvgIpc) is 3.59. The second-order valence-electron chi connectivity index (χ2n) is 11.0. The van der Waals surface area contributed by atoms with Gasteiger partial charge in [0.1, 0.15) is 23.9 Å². The first-order chi connectivity index (χ1) is 23.9. The van der Waals surface area contributed by atoms with Crippen LogP contribution in [0, 0.1) is 5.82 Å². The number of amides is 1. The summed E-state index contributed by atoms with van der Waals surface area (Å²) in [4.78, 5) is 31.3. The van der Waals surface area contributed by atoms with Crippen molar-refractivity contribution in [3.8, 4) is 39.6 Å². The molecule has 0 fully saturated rings. The summed E-state index contributed by atoms with van der Waals surface area (Å²) in [5.74, 6) is 0.469. The molecule has 0 atom stereocenters. The molecular formula is C39H33FN2O6S. The van der Waals surface area contributed by atoms with Gasteiger partial charge in [0.25, 0.3) is 5.91 Å². The Bertz CT molecular complexity index is 2080. The highest BCUT2D eigenvalue weighted by atomic mass is 32.1. The first-order valence-electron chi connectivity index (χ1n) is 15.5. The van der Waals surface area contributed by atoms with Gasteiger partial charge in [0.15, 0.2) is 17.3 Å². The van der Waals surface area contributed by atoms with Crippen LogP contribution in [0.25, 0.3) is 32.5 Å². The normalized spacial score (nSPS) is 10.9. The summed E-state index contributed by atoms with van der Waals surface area (Å²) in [6.45, 7) is 0.773. The van der Waals surface area contributed by atoms with Crippen molar-refractivity contribution in [2.75, 3.05) is 34.0 Å². The summed E-state index contributed by atoms with van der Waals surface area (Å²) in [7, 11) is 3.11. The van der Waals surface area contributed by atoms with Crippen molar-refractivity contribution >= 4 is 33.1 Å². The van der Waals surface area contributed by atoms with E-state index in [1.54, 1.807) is 37.4 Å². The van der Waals surface area contributed by atoms with Gasteiger partial charge in [-0.1, -0.05) is 54.6 Å². The van der Waals surface area contributed by atoms with Gasteiger partial charge in [0.2, 0.25) is 0 Å². The number of methoxy groups -OCH3 is 2. The summed E-state index contributed by atoms with van der Waals surface area (Å²) in [6.07, 6.45) is 0. The van der Waals surface area contributed by atoms with E-state index >= 15 is 0 Å². The minimum Gasteiger partial charge on any atom is -0.497 e. The van der Waals surface area contributed by atoms with Crippen LogP contribution in [0.2, 0.25) is 0 Å². The van der Waals surface area contributed by atoms with Crippen LogP contribution in [0.5, 0.6) is 17.2 Å². The molecule has 8 nitrogen and oxygen atoms in total. The first-order valence-corrected chi connectivity index (χ1v) is 16.4. The summed E-state index contributed by atoms with van der Waals surface area (Å²) in [6, 6.07) is 30.6. The predicted octanol–water partition coefficient (Wildman–Crippen LogP) is 7.99. The number of nitrogens with zero attached hydrogens (tertiary/aromatic N) is 1. The number of hydrogen-bond donors (Lipinski definition) is 1. The minimum absolute atomic E-state index is 0.183. The van der Waals surface area contributed by atoms with Crippen molar-refractivity contribution in [1.29, 1.82) is 0 Å². The van der Waals surface area contributed by atoms with E-state index in [1.165, 1.54) is 24.5 Å². The van der Waals surface area contributed by atoms with E-state index in [1.807, 2.05) is 72.1 Å². The third-order valence-electron chi connectivity index (χ3n) is 7.79. The Morgan fingerprint density at radius 1 is 0.816 bits per heavy atom. The molecule has 0 unspecified atom stereocenters. The average molecular weight is 677 g/mol. The number of thiophene rings is 1. The van der Waals surface area contributed by atoms with Gasteiger partial charge < -0.3 is 24.3 Å². The number of rotatable bonds is 14. The van der Waals surface area contributed by atoms with Crippen LogP contribution >= 0.6 is 11.3 Å². The van der Waals surface area contributed by atoms with Crippen molar-refractivity contribution in [3.05, 3.63) is 131 Å². The molecule has 1 amide bonds. The molecule has 0 saturated carbocycles. The summed E-state index contributed by atoms with van der Waals surface area (Å²) < 4.78 is 37.2. The number of ether oxygens (including phenoxy) is 4. The van der Waals surface area contributed by atoms with Gasteiger partial charge in [0, 0.05) is 21.9 Å². The van der Waals surface area contributed by atoms with E-state index < -0.39 is 5.91 Å². The molecule has 6 aromatic rings. The Labute approximate surface area is 287 Å². The number of aromatic nitrogens is 1. The lowest BCUT2D eigenvalue weighted by Crippen LogP contribution is -2.30. The van der Waals surface area contributed by atoms with Crippen molar-refractivity contribution in [3.63, 3.8) is 0 Å². The Morgan fingerprint density at radius 2 is 1.63 bits per heavy atom. The predicted molar refractivity (Wildman–Crippen MR) is 188 cm³/mol. The van der Waals surface area contributed by atoms with Crippen molar-refractivity contribution in [2.45, 2.75) is 6.61 Å². The Balaban J connectivity index is 1.11. The zero-order valence-electron chi connectivity index (χ0n) is 26.9. The largest absolute Gasteiger partial charge is 0.497 e. The lowest BCUT2D eigenvalue weighted by atomic mass is 10.0. The topological polar surface area (TPSA) is 96.0 Å². The van der Waals surface area contributed by atoms with Gasteiger partial charge in [0.05, 0.1) is 44.4 Å². The molecule has 0 aliphatic rings. The highest BCUT2D eigenvalue weighted by molar-refractivity contribution is 7.17. The molecule has 1 N–H and O–H groups in total. The number of benzene rings is 4. The van der Waals surface area contributed by atoms with Crippen molar-refractivity contribution < 1.29 is 32.9 Å². The Kier molecular flexibility index (Phi) is 10.6. The van der Waals surface area contributed by atoms with Gasteiger partial charge in [-0.3, -0.25) is 9.59 Å². The number of ketones is 1. The molecule has 0 aliphatic heterocycles. The number of fused-ring (bicyclic) bond motifs is 1. The fraction of sp³-hybridized carbons (Fsp3) is 0.154. The molecule has 0 saturated heterocycles. The maximum Gasteiger partial charge on any atom is 0.251 e. The van der Waals surface area contributed by atoms with Gasteiger partial charge in [-0.05, 0) is 65.2 Å². The fourth-order valence-corrected chi connectivity index (χ4v) is 6.20. The lowest BCUT2D eigenvalue weighted by Gasteiger charge is -2.13. The van der Waals surface area contributed by atoms with E-state index in [2.05, 4.69) is 10.3 Å². The molecule has 0 spiro atoms. The van der Waals surface area contributed by atoms with Crippen LogP contribution in [-0.2, 0) is 11.3 Å². The second kappa shape index (κ2) is 15.5. The quantitative estimate of drug-likeness (QED) is 0.0923. The van der Waals surface area contributed by atoms with Crippen molar-refractivity contribution in [1.82, 2.24) is 10.3 Å². The van der Waals surface area contributed by atoms with Crippen LogP contribution in [0.4, 0.5) is 4.39 Å². The van der Waals surface area contributed by atoms with E-state index in [9.17, 15) is 14.0 Å². The van der Waals surface area contributed by atoms with E-state index in [0.29, 0.717) is 40.7 Å². The first kappa shape index (κ1) is 33.3. The third-order valence-corrected chi connectivity index (χ3v) is 8.80. The molecule has 248 valence electrons. The third kappa shape index (κ3) is 7.94. The number of Topliss-reactive ketones (excluding diaryl/α,β-unsaturated/α-hetero) is 1. The standard InChI is InChI=1S/C39H33FN2O6S/c1-45-29-14-11-25(12-15-29)23-47-17-18-48-36-16-13-27(21-37(36)46-2)39(44)41-22-35(43)34-20-28(26-7-4-3-5-8-26)19-33(42-34)31-24-49-38-30(31)9-6-10-32(38)40/h3-16,19-21,24H,17-18,22-23H2,1-2H3,(H,41,44). The SMILES string of the molecule is COc1ccc(COCCOc2ccc(C(=O)NCC(=O)c3cc(-c4ccccc4)cc(-c4csc5c(F)cccc45)n3)cc2OC)cc1. The number of carbonyl (C=O) groups is 2. The number of pyridine rings is 1. The number of carbonyl (C=O) groups excluding carboxylic acids is 2. The molecule has 10 heteroatoms. The molecule has 4 aromatic carbocycles. The fourth-order valence-electron chi connectivity index (χ4n) is 5.23. The van der Waals surface area contributed by atoms with Gasteiger partial charge >= 0.3 is 0 Å². The van der Waals surface area contributed by atoms with E-state index in [-0.39, 0.29) is 30.4 Å². The van der Waals surface area contributed by atoms with Crippen LogP contribution in [-0.4, -0.2) is 50.7 Å². The molecule has 2 aromatic heterocycles. The number of hydrogen-bond acceptors (Lipinski definition) is 8. The number of nitrogens with one attached hydrogen (secondary N) is 1. The molecule has 2 heterocycles. The van der Waals surface area contributed by atoms with Crippen LogP contribution < -0.4 is 19.5 Å². The zero-order chi connectivity index (χ0) is 34.2. The Hall–Kier alpha value is -5.58. The lowest BCUT2D eigenvalue weighted by molar-refractivity contribution is 0.0877. The molecule has 49 heavy (non-hydrogen) atoms. The van der Waals surface area contributed by atoms with Crippen LogP contribution in [0.1, 0.15) is 26.4 Å². The van der Waals surface area contributed by atoms with E-state index in [0.717, 1.165) is 33.4 Å². The highest BCUT2D eigenvalue weighted by Crippen LogP contribution is 2.36. The van der Waals surface area contributed by atoms with Crippen molar-refractivity contribution in [2.24, 2.45) is 0 Å². The summed E-state index contributed by atoms with van der Waals surface area (Å²) in [5, 5.41) is 5.26. The van der Waals surface area contributed by atoms with E-state index in [4.69, 9.17) is 18.9 Å². The Morgan fingerprint density at radius 3 is 2.41 bits per heavy atom. The maximum absolute atomic E-state index is 14.5. The smallest absolute Gasteiger partial charge is 0.251 e. The van der Waals surface area contributed by atoms with Crippen LogP contribution in [0.3, 0.4) is 0 Å². The van der Waals surface area contributed by atoms with Gasteiger partial charge in [-0.15, -0.1) is 11.3 Å². The van der Waals surface area contributed by atoms with Crippen LogP contribution in [0.15, 0.2) is 109 Å². The monoisotopic (exact) mass is 676 g/mol. The number of halogens is 1. The molecular weight excluding hydrogens is 644 g/mol. The molecule has 0 bridgehead atoms. The maximum atomic E-state index is 14.5. The van der Waals surface area contributed by atoms with Gasteiger partial charge in [-0.2, -0.15) is 0 Å². The second-order valence-corrected chi connectivity index (χ2v) is 11.9. The molecule has 6 rings (SSSR count).